The zero-order chi connectivity index (χ0) is 13.1. The Bertz CT molecular complexity index is 462. The standard InChI is InChI=1S/C11H16ClNO3S/c1-11(2,14)8-13-17(15,16)10-5-3-9(7-12)4-6-10/h3-6,13-14H,7-8H2,1-2H3. The first-order chi connectivity index (χ1) is 7.74. The van der Waals surface area contributed by atoms with Gasteiger partial charge in [-0.15, -0.1) is 11.6 Å². The van der Waals surface area contributed by atoms with Gasteiger partial charge in [-0.25, -0.2) is 13.1 Å². The van der Waals surface area contributed by atoms with Crippen molar-refractivity contribution in [3.63, 3.8) is 0 Å². The quantitative estimate of drug-likeness (QED) is 0.801. The molecule has 0 fully saturated rings. The van der Waals surface area contributed by atoms with Crippen LogP contribution in [0.5, 0.6) is 0 Å². The van der Waals surface area contributed by atoms with Gasteiger partial charge in [-0.1, -0.05) is 12.1 Å². The number of aliphatic hydroxyl groups is 1. The van der Waals surface area contributed by atoms with Crippen LogP contribution in [0.2, 0.25) is 0 Å². The summed E-state index contributed by atoms with van der Waals surface area (Å²) in [6.07, 6.45) is 0. The maximum absolute atomic E-state index is 11.8. The highest BCUT2D eigenvalue weighted by Crippen LogP contribution is 2.12. The van der Waals surface area contributed by atoms with Crippen LogP contribution in [0.3, 0.4) is 0 Å². The van der Waals surface area contributed by atoms with Gasteiger partial charge in [0, 0.05) is 12.4 Å². The summed E-state index contributed by atoms with van der Waals surface area (Å²) in [5.41, 5.74) is -0.225. The molecular weight excluding hydrogens is 262 g/mol. The Kier molecular flexibility index (Phi) is 4.55. The van der Waals surface area contributed by atoms with E-state index in [4.69, 9.17) is 11.6 Å². The lowest BCUT2D eigenvalue weighted by Gasteiger charge is -2.17. The van der Waals surface area contributed by atoms with Crippen molar-refractivity contribution in [2.45, 2.75) is 30.2 Å². The van der Waals surface area contributed by atoms with Crippen LogP contribution in [0.25, 0.3) is 0 Å². The van der Waals surface area contributed by atoms with Gasteiger partial charge in [0.15, 0.2) is 0 Å². The van der Waals surface area contributed by atoms with Gasteiger partial charge in [-0.3, -0.25) is 0 Å². The molecule has 6 heteroatoms. The monoisotopic (exact) mass is 277 g/mol. The van der Waals surface area contributed by atoms with Crippen LogP contribution in [0.4, 0.5) is 0 Å². The topological polar surface area (TPSA) is 66.4 Å². The van der Waals surface area contributed by atoms with Crippen molar-refractivity contribution >= 4 is 21.6 Å². The molecule has 0 atom stereocenters. The second-order valence-electron chi connectivity index (χ2n) is 4.41. The number of rotatable bonds is 5. The third kappa shape index (κ3) is 4.63. The highest BCUT2D eigenvalue weighted by molar-refractivity contribution is 7.89. The third-order valence-electron chi connectivity index (χ3n) is 2.08. The van der Waals surface area contributed by atoms with E-state index in [1.54, 1.807) is 12.1 Å². The molecule has 96 valence electrons. The lowest BCUT2D eigenvalue weighted by molar-refractivity contribution is 0.0857. The van der Waals surface area contributed by atoms with E-state index >= 15 is 0 Å². The summed E-state index contributed by atoms with van der Waals surface area (Å²) in [5, 5.41) is 9.47. The number of hydrogen-bond acceptors (Lipinski definition) is 3. The number of halogens is 1. The molecule has 0 aliphatic carbocycles. The minimum atomic E-state index is -3.57. The molecule has 0 bridgehead atoms. The highest BCUT2D eigenvalue weighted by Gasteiger charge is 2.19. The molecule has 0 unspecified atom stereocenters. The molecule has 0 heterocycles. The van der Waals surface area contributed by atoms with E-state index in [1.165, 1.54) is 26.0 Å². The van der Waals surface area contributed by atoms with Crippen molar-refractivity contribution in [2.24, 2.45) is 0 Å². The molecule has 0 amide bonds. The molecule has 0 saturated carbocycles. The molecule has 17 heavy (non-hydrogen) atoms. The Hall–Kier alpha value is -0.620. The van der Waals surface area contributed by atoms with Crippen LogP contribution < -0.4 is 4.72 Å². The summed E-state index contributed by atoms with van der Waals surface area (Å²) in [5.74, 6) is 0.345. The van der Waals surface area contributed by atoms with Crippen molar-refractivity contribution in [1.29, 1.82) is 0 Å². The molecule has 0 saturated heterocycles. The summed E-state index contributed by atoms with van der Waals surface area (Å²) >= 11 is 5.62. The van der Waals surface area contributed by atoms with E-state index in [1.807, 2.05) is 0 Å². The number of alkyl halides is 1. The van der Waals surface area contributed by atoms with Crippen LogP contribution in [0.15, 0.2) is 29.2 Å². The van der Waals surface area contributed by atoms with E-state index in [9.17, 15) is 13.5 Å². The van der Waals surface area contributed by atoms with E-state index in [0.717, 1.165) is 5.56 Å². The predicted octanol–water partition coefficient (Wildman–Crippen LogP) is 1.47. The van der Waals surface area contributed by atoms with Crippen LogP contribution >= 0.6 is 11.6 Å². The number of sulfonamides is 1. The number of nitrogens with one attached hydrogen (secondary N) is 1. The zero-order valence-electron chi connectivity index (χ0n) is 9.77. The lowest BCUT2D eigenvalue weighted by atomic mass is 10.1. The van der Waals surface area contributed by atoms with E-state index < -0.39 is 15.6 Å². The largest absolute Gasteiger partial charge is 0.389 e. The van der Waals surface area contributed by atoms with Gasteiger partial charge in [-0.05, 0) is 31.5 Å². The Morgan fingerprint density at radius 3 is 2.24 bits per heavy atom. The van der Waals surface area contributed by atoms with Gasteiger partial charge >= 0.3 is 0 Å². The second-order valence-corrected chi connectivity index (χ2v) is 6.45. The van der Waals surface area contributed by atoms with Crippen LogP contribution in [-0.2, 0) is 15.9 Å². The molecule has 1 aromatic rings. The fourth-order valence-corrected chi connectivity index (χ4v) is 2.50. The fourth-order valence-electron chi connectivity index (χ4n) is 1.11. The van der Waals surface area contributed by atoms with Gasteiger partial charge in [0.05, 0.1) is 10.5 Å². The van der Waals surface area contributed by atoms with Gasteiger partial charge in [0.1, 0.15) is 0 Å². The summed E-state index contributed by atoms with van der Waals surface area (Å²) < 4.78 is 26.0. The van der Waals surface area contributed by atoms with Crippen molar-refractivity contribution < 1.29 is 13.5 Å². The highest BCUT2D eigenvalue weighted by atomic mass is 35.5. The van der Waals surface area contributed by atoms with Crippen molar-refractivity contribution in [1.82, 2.24) is 4.72 Å². The molecule has 0 radical (unpaired) electrons. The second kappa shape index (κ2) is 5.35. The molecule has 2 N–H and O–H groups in total. The maximum atomic E-state index is 11.8. The van der Waals surface area contributed by atoms with Crippen LogP contribution in [0.1, 0.15) is 19.4 Å². The molecule has 0 spiro atoms. The van der Waals surface area contributed by atoms with Gasteiger partial charge in [0.2, 0.25) is 10.0 Å². The fraction of sp³-hybridized carbons (Fsp3) is 0.455. The summed E-state index contributed by atoms with van der Waals surface area (Å²) in [6, 6.07) is 6.30. The molecule has 1 rings (SSSR count). The number of hydrogen-bond donors (Lipinski definition) is 2. The zero-order valence-corrected chi connectivity index (χ0v) is 11.3. The van der Waals surface area contributed by atoms with Crippen molar-refractivity contribution in [3.05, 3.63) is 29.8 Å². The van der Waals surface area contributed by atoms with Crippen LogP contribution in [-0.4, -0.2) is 25.7 Å². The average molecular weight is 278 g/mol. The number of benzene rings is 1. The predicted molar refractivity (Wildman–Crippen MR) is 67.5 cm³/mol. The first-order valence-electron chi connectivity index (χ1n) is 5.11. The first-order valence-corrected chi connectivity index (χ1v) is 7.13. The van der Waals surface area contributed by atoms with E-state index in [0.29, 0.717) is 5.88 Å². The normalized spacial score (nSPS) is 12.7. The minimum Gasteiger partial charge on any atom is -0.389 e. The lowest BCUT2D eigenvalue weighted by Crippen LogP contribution is -2.38. The van der Waals surface area contributed by atoms with Crippen molar-refractivity contribution in [3.8, 4) is 0 Å². The molecule has 0 aromatic heterocycles. The minimum absolute atomic E-state index is 0.0351. The Labute approximate surface area is 107 Å². The SMILES string of the molecule is CC(C)(O)CNS(=O)(=O)c1ccc(CCl)cc1. The summed E-state index contributed by atoms with van der Waals surface area (Å²) in [7, 11) is -3.57. The molecular formula is C11H16ClNO3S. The molecule has 4 nitrogen and oxygen atoms in total. The maximum Gasteiger partial charge on any atom is 0.240 e. The molecule has 0 aliphatic rings. The Morgan fingerprint density at radius 1 is 1.29 bits per heavy atom. The van der Waals surface area contributed by atoms with Gasteiger partial charge in [0.25, 0.3) is 0 Å². The Morgan fingerprint density at radius 2 is 1.82 bits per heavy atom. The van der Waals surface area contributed by atoms with Crippen molar-refractivity contribution in [2.75, 3.05) is 6.54 Å². The third-order valence-corrected chi connectivity index (χ3v) is 3.81. The molecule has 1 aromatic carbocycles. The van der Waals surface area contributed by atoms with E-state index in [-0.39, 0.29) is 11.4 Å². The van der Waals surface area contributed by atoms with Gasteiger partial charge < -0.3 is 5.11 Å². The summed E-state index contributed by atoms with van der Waals surface area (Å²) in [4.78, 5) is 0.163. The smallest absolute Gasteiger partial charge is 0.240 e. The first kappa shape index (κ1) is 14.4. The molecule has 0 aliphatic heterocycles. The van der Waals surface area contributed by atoms with Gasteiger partial charge in [-0.2, -0.15) is 0 Å². The Balaban J connectivity index is 2.82. The average Bonchev–Trinajstić information content (AvgIpc) is 2.26. The van der Waals surface area contributed by atoms with E-state index in [2.05, 4.69) is 4.72 Å². The summed E-state index contributed by atoms with van der Waals surface area (Å²) in [6.45, 7) is 3.03. The van der Waals surface area contributed by atoms with Crippen LogP contribution in [0, 0.1) is 0 Å².